The van der Waals surface area contributed by atoms with Crippen LogP contribution in [0.1, 0.15) is 44.6 Å². The summed E-state index contributed by atoms with van der Waals surface area (Å²) in [6.07, 6.45) is 8.42. The molecule has 0 aromatic carbocycles. The number of carbonyl (C=O) groups excluding carboxylic acids is 1. The first-order valence-electron chi connectivity index (χ1n) is 7.06. The molecule has 0 aliphatic carbocycles. The summed E-state index contributed by atoms with van der Waals surface area (Å²) in [4.78, 5) is 28.7. The van der Waals surface area contributed by atoms with E-state index < -0.39 is 11.9 Å². The van der Waals surface area contributed by atoms with E-state index in [1.807, 2.05) is 0 Å². The Morgan fingerprint density at radius 1 is 1.33 bits per heavy atom. The summed E-state index contributed by atoms with van der Waals surface area (Å²) in [6.45, 7) is 2.11. The van der Waals surface area contributed by atoms with Gasteiger partial charge in [0.25, 0.3) is 5.91 Å². The highest BCUT2D eigenvalue weighted by atomic mass is 16.4. The Labute approximate surface area is 124 Å². The van der Waals surface area contributed by atoms with Crippen LogP contribution in [-0.2, 0) is 16.0 Å². The van der Waals surface area contributed by atoms with Crippen LogP contribution in [0.25, 0.3) is 0 Å². The number of hydrogen-bond donors (Lipinski definition) is 2. The standard InChI is InChI=1S/C8H7N3O.C7H14O2/c9-8(12)7-3-5-4-10-2-1-6(5)11-7;1-2-3-4-5-6-7(8)9/h1-2,4H,3H2,(H2,9,12);2-6H2,1H3,(H,8,9). The monoisotopic (exact) mass is 291 g/mol. The Morgan fingerprint density at radius 3 is 2.67 bits per heavy atom. The lowest BCUT2D eigenvalue weighted by molar-refractivity contribution is -0.137. The number of unbranched alkanes of at least 4 members (excludes halogenated alkanes) is 3. The summed E-state index contributed by atoms with van der Waals surface area (Å²) in [7, 11) is 0. The fourth-order valence-corrected chi connectivity index (χ4v) is 1.88. The van der Waals surface area contributed by atoms with E-state index in [0.717, 1.165) is 30.5 Å². The third-order valence-corrected chi connectivity index (χ3v) is 3.02. The fourth-order valence-electron chi connectivity index (χ4n) is 1.88. The number of aliphatic imine (C=N–C) groups is 1. The molecule has 3 N–H and O–H groups in total. The zero-order valence-electron chi connectivity index (χ0n) is 12.2. The molecular weight excluding hydrogens is 270 g/mol. The van der Waals surface area contributed by atoms with Crippen LogP contribution in [0.2, 0.25) is 0 Å². The van der Waals surface area contributed by atoms with E-state index in [1.165, 1.54) is 6.42 Å². The molecule has 1 amide bonds. The van der Waals surface area contributed by atoms with Gasteiger partial charge in [0, 0.05) is 30.8 Å². The molecule has 0 bridgehead atoms. The van der Waals surface area contributed by atoms with E-state index in [0.29, 0.717) is 18.6 Å². The van der Waals surface area contributed by atoms with E-state index in [9.17, 15) is 9.59 Å². The van der Waals surface area contributed by atoms with Gasteiger partial charge in [-0.2, -0.15) is 0 Å². The summed E-state index contributed by atoms with van der Waals surface area (Å²) in [6, 6.07) is 1.77. The first kappa shape index (κ1) is 16.8. The van der Waals surface area contributed by atoms with Crippen molar-refractivity contribution in [1.82, 2.24) is 4.98 Å². The maximum Gasteiger partial charge on any atom is 0.303 e. The van der Waals surface area contributed by atoms with Crippen LogP contribution >= 0.6 is 0 Å². The van der Waals surface area contributed by atoms with Crippen molar-refractivity contribution in [2.75, 3.05) is 0 Å². The average molecular weight is 291 g/mol. The van der Waals surface area contributed by atoms with Crippen LogP contribution in [0.4, 0.5) is 5.69 Å². The number of primary amides is 1. The largest absolute Gasteiger partial charge is 0.481 e. The van der Waals surface area contributed by atoms with Crippen molar-refractivity contribution >= 4 is 23.3 Å². The molecule has 0 fully saturated rings. The topological polar surface area (TPSA) is 106 Å². The SMILES string of the molecule is CCCCCCC(=O)O.NC(=O)C1=Nc2ccncc2C1. The van der Waals surface area contributed by atoms with Crippen LogP contribution in [-0.4, -0.2) is 27.7 Å². The Morgan fingerprint density at radius 2 is 2.10 bits per heavy atom. The Kier molecular flexibility index (Phi) is 7.08. The van der Waals surface area contributed by atoms with Crippen LogP contribution in [0.5, 0.6) is 0 Å². The quantitative estimate of drug-likeness (QED) is 0.784. The first-order chi connectivity index (χ1) is 10.0. The van der Waals surface area contributed by atoms with Gasteiger partial charge in [-0.15, -0.1) is 0 Å². The van der Waals surface area contributed by atoms with E-state index in [4.69, 9.17) is 10.8 Å². The molecule has 1 aliphatic heterocycles. The minimum Gasteiger partial charge on any atom is -0.481 e. The molecule has 0 atom stereocenters. The number of amides is 1. The van der Waals surface area contributed by atoms with Gasteiger partial charge in [-0.05, 0) is 12.5 Å². The molecule has 6 heteroatoms. The van der Waals surface area contributed by atoms with Gasteiger partial charge in [-0.25, -0.2) is 4.99 Å². The van der Waals surface area contributed by atoms with Crippen molar-refractivity contribution in [2.45, 2.75) is 45.4 Å². The van der Waals surface area contributed by atoms with Crippen molar-refractivity contribution in [3.63, 3.8) is 0 Å². The number of nitrogens with zero attached hydrogens (tertiary/aromatic N) is 2. The number of aromatic nitrogens is 1. The predicted octanol–water partition coefficient (Wildman–Crippen LogP) is 2.24. The number of carbonyl (C=O) groups is 2. The lowest BCUT2D eigenvalue weighted by atomic mass is 10.1. The molecule has 0 radical (unpaired) electrons. The fraction of sp³-hybridized carbons (Fsp3) is 0.467. The lowest BCUT2D eigenvalue weighted by Gasteiger charge is -1.92. The molecule has 1 aliphatic rings. The number of fused-ring (bicyclic) bond motifs is 1. The summed E-state index contributed by atoms with van der Waals surface area (Å²) < 4.78 is 0. The molecule has 1 aromatic heterocycles. The highest BCUT2D eigenvalue weighted by molar-refractivity contribution is 6.40. The van der Waals surface area contributed by atoms with E-state index >= 15 is 0 Å². The van der Waals surface area contributed by atoms with Crippen LogP contribution in [0.15, 0.2) is 23.5 Å². The normalized spacial score (nSPS) is 12.0. The molecular formula is C15H21N3O3. The smallest absolute Gasteiger partial charge is 0.303 e. The molecule has 0 saturated carbocycles. The average Bonchev–Trinajstić information content (AvgIpc) is 2.88. The number of nitrogens with two attached hydrogens (primary N) is 1. The zero-order valence-corrected chi connectivity index (χ0v) is 12.2. The summed E-state index contributed by atoms with van der Waals surface area (Å²) in [5.41, 5.74) is 7.27. The van der Waals surface area contributed by atoms with Crippen LogP contribution < -0.4 is 5.73 Å². The Bertz CT molecular complexity index is 527. The van der Waals surface area contributed by atoms with Gasteiger partial charge in [0.1, 0.15) is 5.71 Å². The first-order valence-corrected chi connectivity index (χ1v) is 7.06. The molecule has 21 heavy (non-hydrogen) atoms. The summed E-state index contributed by atoms with van der Waals surface area (Å²) in [5.74, 6) is -1.13. The highest BCUT2D eigenvalue weighted by Crippen LogP contribution is 2.24. The van der Waals surface area contributed by atoms with Crippen LogP contribution in [0.3, 0.4) is 0 Å². The maximum atomic E-state index is 10.7. The van der Waals surface area contributed by atoms with Crippen LogP contribution in [0, 0.1) is 0 Å². The molecule has 114 valence electrons. The number of hydrogen-bond acceptors (Lipinski definition) is 4. The van der Waals surface area contributed by atoms with E-state index in [2.05, 4.69) is 16.9 Å². The molecule has 1 aromatic rings. The lowest BCUT2D eigenvalue weighted by Crippen LogP contribution is -2.22. The second-order valence-corrected chi connectivity index (χ2v) is 4.81. The zero-order chi connectivity index (χ0) is 15.7. The number of pyridine rings is 1. The molecule has 2 rings (SSSR count). The van der Waals surface area contributed by atoms with Crippen molar-refractivity contribution in [1.29, 1.82) is 0 Å². The third-order valence-electron chi connectivity index (χ3n) is 3.02. The second-order valence-electron chi connectivity index (χ2n) is 4.81. The molecule has 0 saturated heterocycles. The van der Waals surface area contributed by atoms with Gasteiger partial charge in [-0.1, -0.05) is 26.2 Å². The molecule has 0 unspecified atom stereocenters. The number of rotatable bonds is 6. The van der Waals surface area contributed by atoms with Gasteiger partial charge >= 0.3 is 5.97 Å². The maximum absolute atomic E-state index is 10.7. The third kappa shape index (κ3) is 6.16. The number of carboxylic acid groups (broad SMARTS) is 1. The van der Waals surface area contributed by atoms with Gasteiger partial charge in [-0.3, -0.25) is 14.6 Å². The van der Waals surface area contributed by atoms with Crippen molar-refractivity contribution in [3.05, 3.63) is 24.0 Å². The predicted molar refractivity (Wildman–Crippen MR) is 80.6 cm³/mol. The minimum absolute atomic E-state index is 0.333. The van der Waals surface area contributed by atoms with Gasteiger partial charge in [0.2, 0.25) is 0 Å². The molecule has 0 spiro atoms. The number of aliphatic carboxylic acids is 1. The van der Waals surface area contributed by atoms with Crippen molar-refractivity contribution in [2.24, 2.45) is 10.7 Å². The minimum atomic E-state index is -0.675. The Hall–Kier alpha value is -2.24. The highest BCUT2D eigenvalue weighted by Gasteiger charge is 2.17. The second kappa shape index (κ2) is 8.84. The van der Waals surface area contributed by atoms with Gasteiger partial charge < -0.3 is 10.8 Å². The van der Waals surface area contributed by atoms with Gasteiger partial charge in [0.15, 0.2) is 0 Å². The molecule has 2 heterocycles. The van der Waals surface area contributed by atoms with Crippen molar-refractivity contribution in [3.8, 4) is 0 Å². The van der Waals surface area contributed by atoms with E-state index in [1.54, 1.807) is 18.5 Å². The number of carboxylic acids is 1. The van der Waals surface area contributed by atoms with Gasteiger partial charge in [0.05, 0.1) is 5.69 Å². The van der Waals surface area contributed by atoms with Crippen molar-refractivity contribution < 1.29 is 14.7 Å². The Balaban J connectivity index is 0.000000222. The molecule has 6 nitrogen and oxygen atoms in total. The summed E-state index contributed by atoms with van der Waals surface area (Å²) in [5, 5.41) is 8.21. The van der Waals surface area contributed by atoms with E-state index in [-0.39, 0.29) is 0 Å². The summed E-state index contributed by atoms with van der Waals surface area (Å²) >= 11 is 0.